The number of carbonyl (C=O) groups is 1. The van der Waals surface area contributed by atoms with Crippen LogP contribution in [0.5, 0.6) is 0 Å². The van der Waals surface area contributed by atoms with Gasteiger partial charge >= 0.3 is 0 Å². The standard InChI is InChI=1S/C10H11Cl2NO3/c11-6-3-1-2-5(9(6)12)10(16)7(14)4-8(13)15/h1-3,7,10,14,16H,4H2,(H2,13,15). The normalized spacial score (nSPS) is 14.5. The Morgan fingerprint density at radius 1 is 1.38 bits per heavy atom. The van der Waals surface area contributed by atoms with E-state index in [1.807, 2.05) is 0 Å². The van der Waals surface area contributed by atoms with Gasteiger partial charge in [-0.15, -0.1) is 0 Å². The second-order valence-electron chi connectivity index (χ2n) is 3.33. The number of aliphatic hydroxyl groups is 2. The predicted octanol–water partition coefficient (Wildman–Crippen LogP) is 1.26. The summed E-state index contributed by atoms with van der Waals surface area (Å²) in [5, 5.41) is 19.7. The Bertz CT molecular complexity index is 398. The number of amides is 1. The molecule has 2 unspecified atom stereocenters. The predicted molar refractivity (Wildman–Crippen MR) is 61.2 cm³/mol. The zero-order valence-corrected chi connectivity index (χ0v) is 9.74. The first-order valence-corrected chi connectivity index (χ1v) is 5.27. The molecule has 1 aromatic rings. The molecule has 0 aliphatic carbocycles. The van der Waals surface area contributed by atoms with Gasteiger partial charge in [0.25, 0.3) is 0 Å². The van der Waals surface area contributed by atoms with Crippen molar-refractivity contribution in [3.05, 3.63) is 33.8 Å². The van der Waals surface area contributed by atoms with E-state index in [4.69, 9.17) is 28.9 Å². The van der Waals surface area contributed by atoms with Crippen LogP contribution in [0.2, 0.25) is 10.0 Å². The van der Waals surface area contributed by atoms with E-state index in [0.29, 0.717) is 0 Å². The molecule has 0 aliphatic rings. The summed E-state index contributed by atoms with van der Waals surface area (Å²) < 4.78 is 0. The van der Waals surface area contributed by atoms with E-state index in [2.05, 4.69) is 0 Å². The first-order valence-electron chi connectivity index (χ1n) is 4.51. The van der Waals surface area contributed by atoms with Crippen LogP contribution in [0, 0.1) is 0 Å². The third-order valence-corrected chi connectivity index (χ3v) is 2.91. The van der Waals surface area contributed by atoms with Crippen LogP contribution in [0.3, 0.4) is 0 Å². The van der Waals surface area contributed by atoms with Gasteiger partial charge in [0.05, 0.1) is 22.6 Å². The molecule has 0 heterocycles. The van der Waals surface area contributed by atoms with E-state index in [1.54, 1.807) is 12.1 Å². The maximum Gasteiger partial charge on any atom is 0.220 e. The van der Waals surface area contributed by atoms with Crippen molar-refractivity contribution in [3.8, 4) is 0 Å². The van der Waals surface area contributed by atoms with Crippen molar-refractivity contribution in [2.24, 2.45) is 5.73 Å². The smallest absolute Gasteiger partial charge is 0.220 e. The Morgan fingerprint density at radius 3 is 2.56 bits per heavy atom. The number of benzene rings is 1. The zero-order valence-electron chi connectivity index (χ0n) is 8.23. The van der Waals surface area contributed by atoms with E-state index in [-0.39, 0.29) is 22.0 Å². The number of aliphatic hydroxyl groups excluding tert-OH is 2. The van der Waals surface area contributed by atoms with Gasteiger partial charge in [-0.05, 0) is 6.07 Å². The summed E-state index contributed by atoms with van der Waals surface area (Å²) in [7, 11) is 0. The molecule has 1 rings (SSSR count). The maximum absolute atomic E-state index is 10.6. The minimum atomic E-state index is -1.30. The van der Waals surface area contributed by atoms with Crippen molar-refractivity contribution >= 4 is 29.1 Å². The van der Waals surface area contributed by atoms with Gasteiger partial charge in [0.2, 0.25) is 5.91 Å². The molecule has 2 atom stereocenters. The molecule has 6 heteroatoms. The highest BCUT2D eigenvalue weighted by Gasteiger charge is 2.23. The van der Waals surface area contributed by atoms with Gasteiger partial charge in [0, 0.05) is 5.56 Å². The van der Waals surface area contributed by atoms with Crippen molar-refractivity contribution in [2.75, 3.05) is 0 Å². The minimum absolute atomic E-state index is 0.153. The van der Waals surface area contributed by atoms with Crippen molar-refractivity contribution in [2.45, 2.75) is 18.6 Å². The largest absolute Gasteiger partial charge is 0.390 e. The van der Waals surface area contributed by atoms with Crippen molar-refractivity contribution in [3.63, 3.8) is 0 Å². The quantitative estimate of drug-likeness (QED) is 0.765. The van der Waals surface area contributed by atoms with Gasteiger partial charge in [-0.2, -0.15) is 0 Å². The lowest BCUT2D eigenvalue weighted by atomic mass is 10.0. The highest BCUT2D eigenvalue weighted by molar-refractivity contribution is 6.42. The molecule has 0 saturated heterocycles. The lowest BCUT2D eigenvalue weighted by molar-refractivity contribution is -0.121. The molecule has 16 heavy (non-hydrogen) atoms. The fourth-order valence-electron chi connectivity index (χ4n) is 1.27. The highest BCUT2D eigenvalue weighted by atomic mass is 35.5. The molecule has 0 fully saturated rings. The van der Waals surface area contributed by atoms with Crippen LogP contribution in [0.25, 0.3) is 0 Å². The van der Waals surface area contributed by atoms with Crippen molar-refractivity contribution in [1.29, 1.82) is 0 Å². The number of hydrogen-bond acceptors (Lipinski definition) is 3. The molecule has 1 aromatic carbocycles. The van der Waals surface area contributed by atoms with Gasteiger partial charge < -0.3 is 15.9 Å². The molecule has 0 spiro atoms. The first-order chi connectivity index (χ1) is 7.43. The maximum atomic E-state index is 10.6. The Balaban J connectivity index is 2.91. The lowest BCUT2D eigenvalue weighted by Crippen LogP contribution is -2.25. The monoisotopic (exact) mass is 263 g/mol. The van der Waals surface area contributed by atoms with Crippen LogP contribution in [0.1, 0.15) is 18.1 Å². The molecule has 1 amide bonds. The second kappa shape index (κ2) is 5.50. The van der Waals surface area contributed by atoms with Gasteiger partial charge in [-0.3, -0.25) is 4.79 Å². The Hall–Kier alpha value is -0.810. The van der Waals surface area contributed by atoms with Crippen LogP contribution < -0.4 is 5.73 Å². The molecular formula is C10H11Cl2NO3. The summed E-state index contributed by atoms with van der Waals surface area (Å²) in [4.78, 5) is 10.6. The molecule has 88 valence electrons. The highest BCUT2D eigenvalue weighted by Crippen LogP contribution is 2.31. The molecule has 0 aliphatic heterocycles. The van der Waals surface area contributed by atoms with E-state index in [9.17, 15) is 15.0 Å². The molecule has 0 saturated carbocycles. The molecule has 4 nitrogen and oxygen atoms in total. The lowest BCUT2D eigenvalue weighted by Gasteiger charge is -2.18. The number of nitrogens with two attached hydrogens (primary N) is 1. The van der Waals surface area contributed by atoms with Gasteiger partial charge in [0.1, 0.15) is 6.10 Å². The second-order valence-corrected chi connectivity index (χ2v) is 4.11. The van der Waals surface area contributed by atoms with E-state index < -0.39 is 18.1 Å². The zero-order chi connectivity index (χ0) is 12.3. The Kier molecular flexibility index (Phi) is 4.56. The third-order valence-electron chi connectivity index (χ3n) is 2.07. The summed E-state index contributed by atoms with van der Waals surface area (Å²) in [5.74, 6) is -0.704. The summed E-state index contributed by atoms with van der Waals surface area (Å²) >= 11 is 11.6. The number of carbonyl (C=O) groups excluding carboxylic acids is 1. The number of primary amides is 1. The molecule has 0 radical (unpaired) electrons. The summed E-state index contributed by atoms with van der Waals surface area (Å²) in [6.45, 7) is 0. The Labute approximate surface area is 103 Å². The van der Waals surface area contributed by atoms with E-state index in [1.165, 1.54) is 6.07 Å². The van der Waals surface area contributed by atoms with Crippen LogP contribution in [0.15, 0.2) is 18.2 Å². The molecule has 0 bridgehead atoms. The van der Waals surface area contributed by atoms with E-state index in [0.717, 1.165) is 0 Å². The van der Waals surface area contributed by atoms with Gasteiger partial charge in [-0.1, -0.05) is 35.3 Å². The topological polar surface area (TPSA) is 83.6 Å². The number of rotatable bonds is 4. The number of halogens is 2. The van der Waals surface area contributed by atoms with Crippen LogP contribution >= 0.6 is 23.2 Å². The van der Waals surface area contributed by atoms with Crippen molar-refractivity contribution in [1.82, 2.24) is 0 Å². The SMILES string of the molecule is NC(=O)CC(O)C(O)c1cccc(Cl)c1Cl. The summed E-state index contributed by atoms with van der Waals surface area (Å²) in [5.41, 5.74) is 5.17. The molecule has 0 aromatic heterocycles. The number of hydrogen-bond donors (Lipinski definition) is 3. The fraction of sp³-hybridized carbons (Fsp3) is 0.300. The molecular weight excluding hydrogens is 253 g/mol. The van der Waals surface area contributed by atoms with Gasteiger partial charge in [0.15, 0.2) is 0 Å². The average molecular weight is 264 g/mol. The van der Waals surface area contributed by atoms with Crippen molar-refractivity contribution < 1.29 is 15.0 Å². The molecule has 4 N–H and O–H groups in total. The summed E-state index contributed by atoms with van der Waals surface area (Å²) in [6.07, 6.45) is -2.93. The minimum Gasteiger partial charge on any atom is -0.390 e. The van der Waals surface area contributed by atoms with Crippen LogP contribution in [-0.4, -0.2) is 22.2 Å². The third kappa shape index (κ3) is 3.09. The Morgan fingerprint density at radius 2 is 2.00 bits per heavy atom. The summed E-state index contributed by atoms with van der Waals surface area (Å²) in [6, 6.07) is 4.66. The van der Waals surface area contributed by atoms with Gasteiger partial charge in [-0.25, -0.2) is 0 Å². The fourth-order valence-corrected chi connectivity index (χ4v) is 1.69. The van der Waals surface area contributed by atoms with E-state index >= 15 is 0 Å². The average Bonchev–Trinajstić information content (AvgIpc) is 2.20. The first kappa shape index (κ1) is 13.3. The van der Waals surface area contributed by atoms with Crippen LogP contribution in [0.4, 0.5) is 0 Å². The van der Waals surface area contributed by atoms with Crippen LogP contribution in [-0.2, 0) is 4.79 Å².